The molecule has 2 N–H and O–H groups in total. The fourth-order valence-corrected chi connectivity index (χ4v) is 1.84. The van der Waals surface area contributed by atoms with Crippen LogP contribution in [0.3, 0.4) is 0 Å². The summed E-state index contributed by atoms with van der Waals surface area (Å²) in [6.07, 6.45) is 1.65. The number of carbonyl (C=O) groups is 2. The SMILES string of the molecule is C=CCC(NC(=O)N(CC)Cc1cccc(C)n1)C(=O)O. The number of carboxylic acids is 1. The number of pyridine rings is 1. The molecule has 21 heavy (non-hydrogen) atoms. The molecule has 0 aliphatic heterocycles. The van der Waals surface area contributed by atoms with E-state index in [2.05, 4.69) is 16.9 Å². The third-order valence-corrected chi connectivity index (χ3v) is 2.97. The monoisotopic (exact) mass is 291 g/mol. The summed E-state index contributed by atoms with van der Waals surface area (Å²) in [6, 6.07) is 4.21. The zero-order chi connectivity index (χ0) is 15.8. The summed E-state index contributed by atoms with van der Waals surface area (Å²) in [5, 5.41) is 11.5. The van der Waals surface area contributed by atoms with Crippen molar-refractivity contribution in [1.29, 1.82) is 0 Å². The van der Waals surface area contributed by atoms with Gasteiger partial charge in [0, 0.05) is 12.2 Å². The lowest BCUT2D eigenvalue weighted by molar-refractivity contribution is -0.139. The molecular formula is C15H21N3O3. The van der Waals surface area contributed by atoms with Gasteiger partial charge in [-0.05, 0) is 32.4 Å². The van der Waals surface area contributed by atoms with Crippen molar-refractivity contribution in [2.45, 2.75) is 32.9 Å². The molecule has 2 amide bonds. The largest absolute Gasteiger partial charge is 0.480 e. The number of hydrogen-bond donors (Lipinski definition) is 2. The van der Waals surface area contributed by atoms with Crippen molar-refractivity contribution in [3.63, 3.8) is 0 Å². The molecule has 0 radical (unpaired) electrons. The summed E-state index contributed by atoms with van der Waals surface area (Å²) < 4.78 is 0. The molecule has 1 atom stereocenters. The van der Waals surface area contributed by atoms with Crippen molar-refractivity contribution in [3.05, 3.63) is 42.2 Å². The summed E-state index contributed by atoms with van der Waals surface area (Å²) in [5.74, 6) is -1.08. The van der Waals surface area contributed by atoms with E-state index in [1.54, 1.807) is 0 Å². The number of nitrogens with one attached hydrogen (secondary N) is 1. The molecule has 0 aliphatic rings. The first-order chi connectivity index (χ1) is 9.97. The van der Waals surface area contributed by atoms with Crippen LogP contribution < -0.4 is 5.32 Å². The molecule has 1 aromatic rings. The number of aryl methyl sites for hydroxylation is 1. The summed E-state index contributed by atoms with van der Waals surface area (Å²) in [5.41, 5.74) is 1.64. The van der Waals surface area contributed by atoms with Gasteiger partial charge < -0.3 is 15.3 Å². The van der Waals surface area contributed by atoms with Gasteiger partial charge in [-0.2, -0.15) is 0 Å². The van der Waals surface area contributed by atoms with Gasteiger partial charge in [0.15, 0.2) is 0 Å². The number of aromatic nitrogens is 1. The van der Waals surface area contributed by atoms with Crippen molar-refractivity contribution < 1.29 is 14.7 Å². The summed E-state index contributed by atoms with van der Waals surface area (Å²) in [7, 11) is 0. The quantitative estimate of drug-likeness (QED) is 0.752. The molecule has 1 unspecified atom stereocenters. The van der Waals surface area contributed by atoms with E-state index in [0.29, 0.717) is 13.1 Å². The number of aliphatic carboxylic acids is 1. The van der Waals surface area contributed by atoms with Crippen molar-refractivity contribution >= 4 is 12.0 Å². The average molecular weight is 291 g/mol. The standard InChI is InChI=1S/C15H21N3O3/c1-4-7-13(14(19)20)17-15(21)18(5-2)10-12-9-6-8-11(3)16-12/h4,6,8-9,13H,1,5,7,10H2,2-3H3,(H,17,21)(H,19,20). The minimum atomic E-state index is -1.08. The molecule has 0 aromatic carbocycles. The van der Waals surface area contributed by atoms with Gasteiger partial charge in [0.1, 0.15) is 6.04 Å². The number of carbonyl (C=O) groups excluding carboxylic acids is 1. The molecule has 6 nitrogen and oxygen atoms in total. The highest BCUT2D eigenvalue weighted by Crippen LogP contribution is 2.05. The van der Waals surface area contributed by atoms with Crippen molar-refractivity contribution in [2.24, 2.45) is 0 Å². The van der Waals surface area contributed by atoms with Crippen LogP contribution >= 0.6 is 0 Å². The van der Waals surface area contributed by atoms with E-state index >= 15 is 0 Å². The Balaban J connectivity index is 2.72. The second-order valence-electron chi connectivity index (χ2n) is 4.65. The van der Waals surface area contributed by atoms with E-state index in [1.807, 2.05) is 32.0 Å². The molecular weight excluding hydrogens is 270 g/mol. The number of amides is 2. The van der Waals surface area contributed by atoms with Crippen LogP contribution in [0.2, 0.25) is 0 Å². The fraction of sp³-hybridized carbons (Fsp3) is 0.400. The first-order valence-electron chi connectivity index (χ1n) is 6.79. The fourth-order valence-electron chi connectivity index (χ4n) is 1.84. The number of nitrogens with zero attached hydrogens (tertiary/aromatic N) is 2. The van der Waals surface area contributed by atoms with Crippen LogP contribution in [0.15, 0.2) is 30.9 Å². The molecule has 1 rings (SSSR count). The number of urea groups is 1. The molecule has 6 heteroatoms. The first kappa shape index (κ1) is 16.7. The van der Waals surface area contributed by atoms with E-state index in [4.69, 9.17) is 5.11 Å². The maximum absolute atomic E-state index is 12.1. The normalized spacial score (nSPS) is 11.5. The van der Waals surface area contributed by atoms with Crippen LogP contribution in [0.25, 0.3) is 0 Å². The van der Waals surface area contributed by atoms with E-state index < -0.39 is 18.0 Å². The lowest BCUT2D eigenvalue weighted by Gasteiger charge is -2.23. The van der Waals surface area contributed by atoms with Gasteiger partial charge in [0.05, 0.1) is 12.2 Å². The predicted octanol–water partition coefficient (Wildman–Crippen LogP) is 1.95. The second kappa shape index (κ2) is 8.04. The second-order valence-corrected chi connectivity index (χ2v) is 4.65. The maximum atomic E-state index is 12.1. The molecule has 1 heterocycles. The van der Waals surface area contributed by atoms with Crippen LogP contribution in [0.4, 0.5) is 4.79 Å². The highest BCUT2D eigenvalue weighted by molar-refractivity contribution is 5.82. The Kier molecular flexibility index (Phi) is 6.39. The number of hydrogen-bond acceptors (Lipinski definition) is 3. The van der Waals surface area contributed by atoms with Gasteiger partial charge >= 0.3 is 12.0 Å². The third kappa shape index (κ3) is 5.25. The van der Waals surface area contributed by atoms with Crippen LogP contribution in [0.1, 0.15) is 24.7 Å². The lowest BCUT2D eigenvalue weighted by Crippen LogP contribution is -2.47. The Bertz CT molecular complexity index is 517. The Morgan fingerprint density at radius 1 is 1.52 bits per heavy atom. The highest BCUT2D eigenvalue weighted by atomic mass is 16.4. The van der Waals surface area contributed by atoms with Crippen LogP contribution in [0, 0.1) is 6.92 Å². The van der Waals surface area contributed by atoms with Crippen molar-refractivity contribution in [3.8, 4) is 0 Å². The smallest absolute Gasteiger partial charge is 0.326 e. The van der Waals surface area contributed by atoms with Gasteiger partial charge in [0.25, 0.3) is 0 Å². The maximum Gasteiger partial charge on any atom is 0.326 e. The summed E-state index contributed by atoms with van der Waals surface area (Å²) in [6.45, 7) is 8.00. The van der Waals surface area contributed by atoms with Crippen LogP contribution in [0.5, 0.6) is 0 Å². The molecule has 0 bridgehead atoms. The molecule has 0 spiro atoms. The van der Waals surface area contributed by atoms with Gasteiger partial charge in [-0.1, -0.05) is 12.1 Å². The lowest BCUT2D eigenvalue weighted by atomic mass is 10.2. The predicted molar refractivity (Wildman–Crippen MR) is 79.8 cm³/mol. The van der Waals surface area contributed by atoms with Gasteiger partial charge in [0.2, 0.25) is 0 Å². The molecule has 0 saturated heterocycles. The van der Waals surface area contributed by atoms with Gasteiger partial charge in [-0.15, -0.1) is 6.58 Å². The van der Waals surface area contributed by atoms with E-state index in [9.17, 15) is 9.59 Å². The number of carboxylic acid groups (broad SMARTS) is 1. The third-order valence-electron chi connectivity index (χ3n) is 2.97. The topological polar surface area (TPSA) is 82.5 Å². The molecule has 0 aliphatic carbocycles. The molecule has 0 fully saturated rings. The average Bonchev–Trinajstić information content (AvgIpc) is 2.44. The Hall–Kier alpha value is -2.37. The van der Waals surface area contributed by atoms with Crippen LogP contribution in [-0.2, 0) is 11.3 Å². The van der Waals surface area contributed by atoms with E-state index in [0.717, 1.165) is 11.4 Å². The zero-order valence-corrected chi connectivity index (χ0v) is 12.4. The number of rotatable bonds is 7. The van der Waals surface area contributed by atoms with E-state index in [-0.39, 0.29) is 6.42 Å². The molecule has 114 valence electrons. The van der Waals surface area contributed by atoms with E-state index in [1.165, 1.54) is 11.0 Å². The minimum Gasteiger partial charge on any atom is -0.480 e. The first-order valence-corrected chi connectivity index (χ1v) is 6.79. The van der Waals surface area contributed by atoms with Gasteiger partial charge in [-0.25, -0.2) is 9.59 Å². The summed E-state index contributed by atoms with van der Waals surface area (Å²) >= 11 is 0. The van der Waals surface area contributed by atoms with Gasteiger partial charge in [-0.3, -0.25) is 4.98 Å². The minimum absolute atomic E-state index is 0.182. The molecule has 1 aromatic heterocycles. The zero-order valence-electron chi connectivity index (χ0n) is 12.4. The Morgan fingerprint density at radius 3 is 2.76 bits per heavy atom. The Morgan fingerprint density at radius 2 is 2.24 bits per heavy atom. The van der Waals surface area contributed by atoms with Crippen molar-refractivity contribution in [2.75, 3.05) is 6.54 Å². The van der Waals surface area contributed by atoms with Crippen LogP contribution in [-0.4, -0.2) is 39.6 Å². The molecule has 0 saturated carbocycles. The van der Waals surface area contributed by atoms with Crippen molar-refractivity contribution in [1.82, 2.24) is 15.2 Å². The highest BCUT2D eigenvalue weighted by Gasteiger charge is 2.21. The Labute approximate surface area is 124 Å². The summed E-state index contributed by atoms with van der Waals surface area (Å²) in [4.78, 5) is 29.0.